The van der Waals surface area contributed by atoms with Gasteiger partial charge in [0, 0.05) is 60.6 Å². The topological polar surface area (TPSA) is 82.2 Å². The van der Waals surface area contributed by atoms with Gasteiger partial charge >= 0.3 is 12.0 Å². The molecule has 1 N–H and O–H groups in total. The van der Waals surface area contributed by atoms with Crippen molar-refractivity contribution in [1.82, 2.24) is 20.0 Å². The average molecular weight is 545 g/mol. The molecule has 2 aliphatic heterocycles. The summed E-state index contributed by atoms with van der Waals surface area (Å²) in [5, 5.41) is 3.99. The second kappa shape index (κ2) is 11.5. The second-order valence-electron chi connectivity index (χ2n) is 9.17. The summed E-state index contributed by atoms with van der Waals surface area (Å²) in [7, 11) is 1.64. The predicted octanol–water partition coefficient (Wildman–Crippen LogP) is 4.35. The minimum atomic E-state index is -0.693. The van der Waals surface area contributed by atoms with Crippen molar-refractivity contribution in [2.45, 2.75) is 25.9 Å². The lowest BCUT2D eigenvalue weighted by Crippen LogP contribution is -2.56. The van der Waals surface area contributed by atoms with Crippen LogP contribution >= 0.6 is 23.2 Å². The average Bonchev–Trinajstić information content (AvgIpc) is 2.87. The van der Waals surface area contributed by atoms with Crippen LogP contribution in [-0.2, 0) is 9.53 Å². The summed E-state index contributed by atoms with van der Waals surface area (Å²) in [4.78, 5) is 44.7. The SMILES string of the molecule is CCOC(=O)C1=C(CN2CCN(C(=O)c3ccc(Cl)cc3)[C@H](C)C2)N(C)C(=O)N[C@@H]1c1cccc(Cl)c1. The quantitative estimate of drug-likeness (QED) is 0.546. The summed E-state index contributed by atoms with van der Waals surface area (Å²) in [6.45, 7) is 5.97. The maximum Gasteiger partial charge on any atom is 0.338 e. The van der Waals surface area contributed by atoms with E-state index >= 15 is 0 Å². The van der Waals surface area contributed by atoms with Crippen LogP contribution in [-0.4, -0.2) is 78.5 Å². The molecule has 2 heterocycles. The number of benzene rings is 2. The van der Waals surface area contributed by atoms with Gasteiger partial charge in [-0.3, -0.25) is 14.6 Å². The number of esters is 1. The molecule has 2 aromatic carbocycles. The van der Waals surface area contributed by atoms with Gasteiger partial charge in [0.2, 0.25) is 0 Å². The van der Waals surface area contributed by atoms with E-state index in [9.17, 15) is 14.4 Å². The van der Waals surface area contributed by atoms with E-state index < -0.39 is 12.0 Å². The molecular weight excluding hydrogens is 515 g/mol. The number of nitrogens with zero attached hydrogens (tertiary/aromatic N) is 3. The first-order valence-corrected chi connectivity index (χ1v) is 12.9. The Morgan fingerprint density at radius 3 is 2.46 bits per heavy atom. The van der Waals surface area contributed by atoms with Gasteiger partial charge in [0.25, 0.3) is 5.91 Å². The van der Waals surface area contributed by atoms with Gasteiger partial charge in [-0.1, -0.05) is 35.3 Å². The van der Waals surface area contributed by atoms with Gasteiger partial charge in [-0.2, -0.15) is 0 Å². The normalized spacial score (nSPS) is 20.6. The highest BCUT2D eigenvalue weighted by Gasteiger charge is 2.38. The van der Waals surface area contributed by atoms with Crippen LogP contribution in [0.25, 0.3) is 0 Å². The van der Waals surface area contributed by atoms with Crippen molar-refractivity contribution in [3.8, 4) is 0 Å². The highest BCUT2D eigenvalue weighted by Crippen LogP contribution is 2.33. The van der Waals surface area contributed by atoms with Crippen molar-refractivity contribution in [3.05, 3.63) is 81.0 Å². The molecule has 0 radical (unpaired) electrons. The fourth-order valence-corrected chi connectivity index (χ4v) is 5.11. The molecule has 0 unspecified atom stereocenters. The van der Waals surface area contributed by atoms with Crippen molar-refractivity contribution in [1.29, 1.82) is 0 Å². The Morgan fingerprint density at radius 2 is 1.81 bits per heavy atom. The molecule has 2 aromatic rings. The zero-order valence-corrected chi connectivity index (χ0v) is 22.6. The van der Waals surface area contributed by atoms with Crippen molar-refractivity contribution in [2.75, 3.05) is 39.8 Å². The first kappa shape index (κ1) is 27.0. The zero-order chi connectivity index (χ0) is 26.7. The minimum absolute atomic E-state index is 0.0505. The van der Waals surface area contributed by atoms with E-state index in [2.05, 4.69) is 10.2 Å². The number of halogens is 2. The van der Waals surface area contributed by atoms with Crippen LogP contribution in [0.3, 0.4) is 0 Å². The van der Waals surface area contributed by atoms with E-state index in [-0.39, 0.29) is 24.6 Å². The van der Waals surface area contributed by atoms with Crippen LogP contribution in [0.5, 0.6) is 0 Å². The minimum Gasteiger partial charge on any atom is -0.463 e. The maximum atomic E-state index is 13.2. The highest BCUT2D eigenvalue weighted by molar-refractivity contribution is 6.31. The standard InChI is InChI=1S/C27H30Cl2N4O4/c1-4-37-26(35)23-22(31(3)27(36)30-24(23)19-6-5-7-21(29)14-19)16-32-12-13-33(17(2)15-32)25(34)18-8-10-20(28)11-9-18/h5-11,14,17,24H,4,12-13,15-16H2,1-3H3,(H,30,36)/t17-,24-/m1/s1. The molecule has 1 fully saturated rings. The maximum absolute atomic E-state index is 13.2. The molecule has 8 nitrogen and oxygen atoms in total. The fraction of sp³-hybridized carbons (Fsp3) is 0.370. The molecule has 0 saturated carbocycles. The summed E-state index contributed by atoms with van der Waals surface area (Å²) in [6, 6.07) is 12.9. The number of hydrogen-bond acceptors (Lipinski definition) is 5. The molecule has 2 aliphatic rings. The smallest absolute Gasteiger partial charge is 0.338 e. The highest BCUT2D eigenvalue weighted by atomic mass is 35.5. The summed E-state index contributed by atoms with van der Waals surface area (Å²) in [5.41, 5.74) is 2.22. The number of carbonyl (C=O) groups is 3. The number of ether oxygens (including phenoxy) is 1. The van der Waals surface area contributed by atoms with E-state index in [1.54, 1.807) is 56.4 Å². The van der Waals surface area contributed by atoms with Gasteiger partial charge in [-0.25, -0.2) is 9.59 Å². The van der Waals surface area contributed by atoms with Crippen molar-refractivity contribution < 1.29 is 19.1 Å². The summed E-state index contributed by atoms with van der Waals surface area (Å²) >= 11 is 12.2. The number of likely N-dealkylation sites (N-methyl/N-ethyl adjacent to an activating group) is 1. The van der Waals surface area contributed by atoms with Crippen molar-refractivity contribution in [3.63, 3.8) is 0 Å². The number of carbonyl (C=O) groups excluding carboxylic acids is 3. The predicted molar refractivity (Wildman–Crippen MR) is 143 cm³/mol. The first-order valence-electron chi connectivity index (χ1n) is 12.2. The fourth-order valence-electron chi connectivity index (χ4n) is 4.78. The molecule has 37 heavy (non-hydrogen) atoms. The number of nitrogens with one attached hydrogen (secondary N) is 1. The second-order valence-corrected chi connectivity index (χ2v) is 10.0. The molecule has 2 atom stereocenters. The summed E-state index contributed by atoms with van der Waals surface area (Å²) < 4.78 is 5.40. The Hall–Kier alpha value is -3.07. The monoisotopic (exact) mass is 544 g/mol. The Balaban J connectivity index is 1.59. The van der Waals surface area contributed by atoms with E-state index in [1.807, 2.05) is 17.9 Å². The van der Waals surface area contributed by atoms with Gasteiger partial charge in [0.15, 0.2) is 0 Å². The summed E-state index contributed by atoms with van der Waals surface area (Å²) in [6.07, 6.45) is 0. The first-order chi connectivity index (χ1) is 17.7. The number of piperazine rings is 1. The Kier molecular flexibility index (Phi) is 8.42. The molecular formula is C27H30Cl2N4O4. The molecule has 0 aliphatic carbocycles. The van der Waals surface area contributed by atoms with Crippen LogP contribution in [0.2, 0.25) is 10.0 Å². The van der Waals surface area contributed by atoms with Crippen LogP contribution < -0.4 is 5.32 Å². The Morgan fingerprint density at radius 1 is 1.08 bits per heavy atom. The zero-order valence-electron chi connectivity index (χ0n) is 21.0. The van der Waals surface area contributed by atoms with E-state index in [0.29, 0.717) is 58.6 Å². The molecule has 3 amide bonds. The number of hydrogen-bond donors (Lipinski definition) is 1. The van der Waals surface area contributed by atoms with E-state index in [0.717, 1.165) is 0 Å². The molecule has 0 spiro atoms. The van der Waals surface area contributed by atoms with E-state index in [4.69, 9.17) is 27.9 Å². The molecule has 10 heteroatoms. The number of amides is 3. The third-order valence-corrected chi connectivity index (χ3v) is 7.18. The van der Waals surface area contributed by atoms with Crippen LogP contribution in [0.4, 0.5) is 4.79 Å². The molecule has 0 bridgehead atoms. The number of rotatable bonds is 6. The van der Waals surface area contributed by atoms with Gasteiger partial charge in [-0.15, -0.1) is 0 Å². The van der Waals surface area contributed by atoms with Crippen molar-refractivity contribution in [2.24, 2.45) is 0 Å². The van der Waals surface area contributed by atoms with E-state index in [1.165, 1.54) is 4.90 Å². The Labute approximate surface area is 226 Å². The lowest BCUT2D eigenvalue weighted by atomic mass is 9.94. The molecule has 4 rings (SSSR count). The van der Waals surface area contributed by atoms with Crippen LogP contribution in [0, 0.1) is 0 Å². The van der Waals surface area contributed by atoms with Gasteiger partial charge in [0.05, 0.1) is 18.2 Å². The van der Waals surface area contributed by atoms with Crippen LogP contribution in [0.1, 0.15) is 35.8 Å². The summed E-state index contributed by atoms with van der Waals surface area (Å²) in [5.74, 6) is -0.538. The third kappa shape index (κ3) is 5.92. The number of urea groups is 1. The van der Waals surface area contributed by atoms with Gasteiger partial charge in [0.1, 0.15) is 0 Å². The third-order valence-electron chi connectivity index (χ3n) is 6.69. The van der Waals surface area contributed by atoms with Gasteiger partial charge < -0.3 is 15.0 Å². The largest absolute Gasteiger partial charge is 0.463 e. The Bertz CT molecular complexity index is 1220. The molecule has 196 valence electrons. The molecule has 1 saturated heterocycles. The lowest BCUT2D eigenvalue weighted by Gasteiger charge is -2.42. The van der Waals surface area contributed by atoms with Gasteiger partial charge in [-0.05, 0) is 55.8 Å². The molecule has 0 aromatic heterocycles. The van der Waals surface area contributed by atoms with Crippen molar-refractivity contribution >= 4 is 41.1 Å². The lowest BCUT2D eigenvalue weighted by molar-refractivity contribution is -0.139. The van der Waals surface area contributed by atoms with Crippen LogP contribution in [0.15, 0.2) is 59.8 Å².